The molecular weight excluding hydrogens is 312 g/mol. The Balaban J connectivity index is 1.88. The number of benzene rings is 1. The van der Waals surface area contributed by atoms with Gasteiger partial charge in [0, 0.05) is 44.0 Å². The smallest absolute Gasteiger partial charge is 0.321 e. The fourth-order valence-corrected chi connectivity index (χ4v) is 2.99. The van der Waals surface area contributed by atoms with Crippen LogP contribution in [0, 0.1) is 23.5 Å². The van der Waals surface area contributed by atoms with Crippen molar-refractivity contribution in [1.82, 2.24) is 9.80 Å². The van der Waals surface area contributed by atoms with Crippen LogP contribution < -0.4 is 5.32 Å². The highest BCUT2D eigenvalue weighted by atomic mass is 19.1. The van der Waals surface area contributed by atoms with Crippen LogP contribution >= 0.6 is 0 Å². The summed E-state index contributed by atoms with van der Waals surface area (Å²) in [4.78, 5) is 16.3. The maximum Gasteiger partial charge on any atom is 0.321 e. The van der Waals surface area contributed by atoms with Gasteiger partial charge in [0.25, 0.3) is 0 Å². The van der Waals surface area contributed by atoms with Gasteiger partial charge in [0.1, 0.15) is 11.6 Å². The van der Waals surface area contributed by atoms with Crippen LogP contribution in [0.3, 0.4) is 0 Å². The summed E-state index contributed by atoms with van der Waals surface area (Å²) in [6.07, 6.45) is 0. The predicted molar refractivity (Wildman–Crippen MR) is 92.0 cm³/mol. The fraction of sp³-hybridized carbons (Fsp3) is 0.611. The van der Waals surface area contributed by atoms with Gasteiger partial charge in [-0.15, -0.1) is 0 Å². The van der Waals surface area contributed by atoms with E-state index in [1.807, 2.05) is 0 Å². The molecule has 0 bridgehead atoms. The van der Waals surface area contributed by atoms with E-state index in [1.54, 1.807) is 4.90 Å². The molecule has 1 aliphatic heterocycles. The Morgan fingerprint density at radius 1 is 1.12 bits per heavy atom. The van der Waals surface area contributed by atoms with Gasteiger partial charge in [-0.05, 0) is 24.0 Å². The molecule has 1 saturated heterocycles. The molecule has 24 heavy (non-hydrogen) atoms. The molecule has 0 aliphatic carbocycles. The first-order valence-electron chi connectivity index (χ1n) is 8.50. The van der Waals surface area contributed by atoms with Crippen molar-refractivity contribution in [2.24, 2.45) is 11.8 Å². The van der Waals surface area contributed by atoms with Crippen LogP contribution in [0.2, 0.25) is 0 Å². The molecular formula is C18H27F2N3O. The molecule has 1 aromatic rings. The van der Waals surface area contributed by atoms with Crippen molar-refractivity contribution in [3.05, 3.63) is 29.8 Å². The Morgan fingerprint density at radius 2 is 1.62 bits per heavy atom. The van der Waals surface area contributed by atoms with E-state index < -0.39 is 11.6 Å². The summed E-state index contributed by atoms with van der Waals surface area (Å²) >= 11 is 0. The summed E-state index contributed by atoms with van der Waals surface area (Å²) in [6, 6.07) is 3.05. The summed E-state index contributed by atoms with van der Waals surface area (Å²) in [6.45, 7) is 12.1. The van der Waals surface area contributed by atoms with Crippen LogP contribution in [0.15, 0.2) is 18.2 Å². The van der Waals surface area contributed by atoms with Gasteiger partial charge in [-0.1, -0.05) is 27.7 Å². The minimum Gasteiger partial charge on any atom is -0.321 e. The highest BCUT2D eigenvalue weighted by Crippen LogP contribution is 2.20. The highest BCUT2D eigenvalue weighted by Gasteiger charge is 2.35. The summed E-state index contributed by atoms with van der Waals surface area (Å²) in [5, 5.41) is 2.56. The van der Waals surface area contributed by atoms with Crippen LogP contribution in [0.5, 0.6) is 0 Å². The van der Waals surface area contributed by atoms with Gasteiger partial charge in [-0.25, -0.2) is 13.6 Å². The Bertz CT molecular complexity index is 541. The number of anilines is 1. The molecule has 1 fully saturated rings. The van der Waals surface area contributed by atoms with Crippen molar-refractivity contribution >= 4 is 11.7 Å². The second-order valence-electron chi connectivity index (χ2n) is 7.39. The van der Waals surface area contributed by atoms with E-state index >= 15 is 0 Å². The van der Waals surface area contributed by atoms with Crippen LogP contribution in [0.25, 0.3) is 0 Å². The minimum absolute atomic E-state index is 0.141. The van der Waals surface area contributed by atoms with Crippen LogP contribution in [0.1, 0.15) is 27.7 Å². The zero-order valence-corrected chi connectivity index (χ0v) is 14.9. The summed E-state index contributed by atoms with van der Waals surface area (Å²) in [7, 11) is 0. The summed E-state index contributed by atoms with van der Waals surface area (Å²) in [5.74, 6) is -0.262. The standard InChI is InChI=1S/C18H27F2N3O/c1-12(2)8-22(9-13(3)4)17-10-23(11-17)18(24)21-16-6-14(19)5-15(20)7-16/h5-7,12-13,17H,8-11H2,1-4H3,(H,21,24). The van der Waals surface area contributed by atoms with Crippen molar-refractivity contribution in [2.75, 3.05) is 31.5 Å². The third kappa shape index (κ3) is 5.16. The molecule has 0 spiro atoms. The zero-order valence-electron chi connectivity index (χ0n) is 14.9. The van der Waals surface area contributed by atoms with Gasteiger partial charge in [-0.3, -0.25) is 4.90 Å². The first-order valence-corrected chi connectivity index (χ1v) is 8.50. The number of carbonyl (C=O) groups excluding carboxylic acids is 1. The van der Waals surface area contributed by atoms with E-state index in [1.165, 1.54) is 0 Å². The van der Waals surface area contributed by atoms with Gasteiger partial charge in [0.2, 0.25) is 0 Å². The second-order valence-corrected chi connectivity index (χ2v) is 7.39. The number of amides is 2. The van der Waals surface area contributed by atoms with Gasteiger partial charge in [-0.2, -0.15) is 0 Å². The number of hydrogen-bond acceptors (Lipinski definition) is 2. The highest BCUT2D eigenvalue weighted by molar-refractivity contribution is 5.89. The minimum atomic E-state index is -0.702. The van der Waals surface area contributed by atoms with Gasteiger partial charge < -0.3 is 10.2 Å². The fourth-order valence-electron chi connectivity index (χ4n) is 2.99. The van der Waals surface area contributed by atoms with E-state index in [0.29, 0.717) is 31.0 Å². The lowest BCUT2D eigenvalue weighted by Gasteiger charge is -2.46. The number of rotatable bonds is 6. The first kappa shape index (κ1) is 18.6. The number of carbonyl (C=O) groups is 1. The molecule has 0 saturated carbocycles. The predicted octanol–water partition coefficient (Wildman–Crippen LogP) is 3.79. The zero-order chi connectivity index (χ0) is 17.9. The SMILES string of the molecule is CC(C)CN(CC(C)C)C1CN(C(=O)Nc2cc(F)cc(F)c2)C1. The molecule has 1 heterocycles. The molecule has 0 aromatic heterocycles. The maximum atomic E-state index is 13.2. The Labute approximate surface area is 142 Å². The van der Waals surface area contributed by atoms with E-state index in [2.05, 4.69) is 37.9 Å². The first-order chi connectivity index (χ1) is 11.2. The number of hydrogen-bond donors (Lipinski definition) is 1. The van der Waals surface area contributed by atoms with Crippen LogP contribution in [0.4, 0.5) is 19.3 Å². The molecule has 6 heteroatoms. The Morgan fingerprint density at radius 3 is 2.08 bits per heavy atom. The molecule has 134 valence electrons. The quantitative estimate of drug-likeness (QED) is 0.856. The summed E-state index contributed by atoms with van der Waals surface area (Å²) < 4.78 is 26.3. The molecule has 0 unspecified atom stereocenters. The number of nitrogens with zero attached hydrogens (tertiary/aromatic N) is 2. The van der Waals surface area contributed by atoms with E-state index in [4.69, 9.17) is 0 Å². The van der Waals surface area contributed by atoms with Crippen molar-refractivity contribution in [1.29, 1.82) is 0 Å². The Kier molecular flexibility index (Phi) is 6.15. The van der Waals surface area contributed by atoms with Crippen molar-refractivity contribution in [3.8, 4) is 0 Å². The number of urea groups is 1. The van der Waals surface area contributed by atoms with E-state index in [9.17, 15) is 13.6 Å². The number of halogens is 2. The molecule has 1 N–H and O–H groups in total. The van der Waals surface area contributed by atoms with Crippen LogP contribution in [-0.4, -0.2) is 48.1 Å². The molecule has 0 atom stereocenters. The van der Waals surface area contributed by atoms with Crippen molar-refractivity contribution in [3.63, 3.8) is 0 Å². The normalized spacial score (nSPS) is 15.3. The average molecular weight is 339 g/mol. The third-order valence-electron chi connectivity index (χ3n) is 3.98. The van der Waals surface area contributed by atoms with Gasteiger partial charge in [0.15, 0.2) is 0 Å². The molecule has 4 nitrogen and oxygen atoms in total. The average Bonchev–Trinajstić information content (AvgIpc) is 2.33. The molecule has 1 aromatic carbocycles. The van der Waals surface area contributed by atoms with E-state index in [-0.39, 0.29) is 11.7 Å². The Hall–Kier alpha value is -1.69. The van der Waals surface area contributed by atoms with Gasteiger partial charge in [0.05, 0.1) is 0 Å². The maximum absolute atomic E-state index is 13.2. The monoisotopic (exact) mass is 339 g/mol. The lowest BCUT2D eigenvalue weighted by molar-refractivity contribution is 0.0464. The lowest BCUT2D eigenvalue weighted by Crippen LogP contribution is -2.62. The summed E-state index contributed by atoms with van der Waals surface area (Å²) in [5.41, 5.74) is 0.141. The van der Waals surface area contributed by atoms with Gasteiger partial charge >= 0.3 is 6.03 Å². The third-order valence-corrected chi connectivity index (χ3v) is 3.98. The lowest BCUT2D eigenvalue weighted by atomic mass is 10.0. The second kappa shape index (κ2) is 7.92. The molecule has 1 aliphatic rings. The van der Waals surface area contributed by atoms with E-state index in [0.717, 1.165) is 31.3 Å². The molecule has 2 amide bonds. The van der Waals surface area contributed by atoms with Crippen molar-refractivity contribution in [2.45, 2.75) is 33.7 Å². The number of nitrogens with one attached hydrogen (secondary N) is 1. The number of likely N-dealkylation sites (tertiary alicyclic amines) is 1. The largest absolute Gasteiger partial charge is 0.321 e. The van der Waals surface area contributed by atoms with Crippen LogP contribution in [-0.2, 0) is 0 Å². The topological polar surface area (TPSA) is 35.6 Å². The molecule has 2 rings (SSSR count). The van der Waals surface area contributed by atoms with Crippen molar-refractivity contribution < 1.29 is 13.6 Å². The molecule has 0 radical (unpaired) electrons.